The smallest absolute Gasteiger partial charge is 0.261 e. The first kappa shape index (κ1) is 20.7. The van der Waals surface area contributed by atoms with Crippen molar-refractivity contribution in [3.05, 3.63) is 59.2 Å². The predicted octanol–water partition coefficient (Wildman–Crippen LogP) is 4.20. The molecule has 1 amide bonds. The highest BCUT2D eigenvalue weighted by molar-refractivity contribution is 7.92. The summed E-state index contributed by atoms with van der Waals surface area (Å²) in [5, 5.41) is 0. The number of rotatable bonds is 7. The van der Waals surface area contributed by atoms with Crippen LogP contribution in [0.2, 0.25) is 0 Å². The highest BCUT2D eigenvalue weighted by Crippen LogP contribution is 2.26. The van der Waals surface area contributed by atoms with E-state index in [4.69, 9.17) is 11.6 Å². The minimum Gasteiger partial charge on any atom is -0.339 e. The Morgan fingerprint density at radius 2 is 1.79 bits per heavy atom. The van der Waals surface area contributed by atoms with Crippen LogP contribution in [0.25, 0.3) is 0 Å². The van der Waals surface area contributed by atoms with Gasteiger partial charge in [-0.15, -0.1) is 11.6 Å². The van der Waals surface area contributed by atoms with Crippen LogP contribution < -0.4 is 4.72 Å². The predicted molar refractivity (Wildman–Crippen MR) is 113 cm³/mol. The van der Waals surface area contributed by atoms with E-state index in [-0.39, 0.29) is 10.8 Å². The molecule has 0 spiro atoms. The van der Waals surface area contributed by atoms with E-state index in [1.54, 1.807) is 41.3 Å². The van der Waals surface area contributed by atoms with Gasteiger partial charge < -0.3 is 4.90 Å². The van der Waals surface area contributed by atoms with E-state index >= 15 is 0 Å². The molecular formula is C21H25ClN2O3S. The van der Waals surface area contributed by atoms with Gasteiger partial charge in [-0.1, -0.05) is 24.3 Å². The standard InChI is InChI=1S/C21H25ClN2O3S/c1-16-6-4-8-19(20(16)21(25)24-14-2-3-15-24)23-28(26,27)18-11-9-17(10-12-18)7-5-13-22/h4,6,8-12,23H,2-3,5,7,13-15H2,1H3. The normalized spacial score (nSPS) is 14.3. The van der Waals surface area contributed by atoms with Crippen molar-refractivity contribution in [3.8, 4) is 0 Å². The second-order valence-corrected chi connectivity index (χ2v) is 9.10. The lowest BCUT2D eigenvalue weighted by molar-refractivity contribution is 0.0793. The summed E-state index contributed by atoms with van der Waals surface area (Å²) in [6.45, 7) is 3.25. The molecule has 150 valence electrons. The SMILES string of the molecule is Cc1cccc(NS(=O)(=O)c2ccc(CCCCl)cc2)c1C(=O)N1CCCC1. The number of amides is 1. The Hall–Kier alpha value is -2.05. The summed E-state index contributed by atoms with van der Waals surface area (Å²) in [5.41, 5.74) is 2.54. The van der Waals surface area contributed by atoms with Gasteiger partial charge in [-0.25, -0.2) is 8.42 Å². The van der Waals surface area contributed by atoms with E-state index in [0.29, 0.717) is 30.2 Å². The molecule has 1 fully saturated rings. The maximum atomic E-state index is 12.9. The lowest BCUT2D eigenvalue weighted by Crippen LogP contribution is -2.29. The summed E-state index contributed by atoms with van der Waals surface area (Å²) < 4.78 is 28.4. The van der Waals surface area contributed by atoms with Gasteiger partial charge in [-0.2, -0.15) is 0 Å². The molecule has 2 aromatic rings. The number of anilines is 1. The number of likely N-dealkylation sites (tertiary alicyclic amines) is 1. The first-order valence-corrected chi connectivity index (χ1v) is 11.5. The molecule has 0 saturated carbocycles. The molecule has 0 bridgehead atoms. The first-order valence-electron chi connectivity index (χ1n) is 9.49. The van der Waals surface area contributed by atoms with Gasteiger partial charge in [0.25, 0.3) is 15.9 Å². The Labute approximate surface area is 171 Å². The number of hydrogen-bond donors (Lipinski definition) is 1. The number of benzene rings is 2. The van der Waals surface area contributed by atoms with Gasteiger partial charge in [-0.05, 0) is 61.9 Å². The zero-order valence-electron chi connectivity index (χ0n) is 15.9. The molecule has 1 saturated heterocycles. The third-order valence-corrected chi connectivity index (χ3v) is 6.61. The Balaban J connectivity index is 1.86. The van der Waals surface area contributed by atoms with Gasteiger partial charge >= 0.3 is 0 Å². The molecular weight excluding hydrogens is 396 g/mol. The fourth-order valence-corrected chi connectivity index (χ4v) is 4.63. The number of halogens is 1. The van der Waals surface area contributed by atoms with Crippen LogP contribution in [0.1, 0.15) is 40.7 Å². The number of hydrogen-bond acceptors (Lipinski definition) is 3. The number of nitrogens with zero attached hydrogens (tertiary/aromatic N) is 1. The number of carbonyl (C=O) groups is 1. The maximum Gasteiger partial charge on any atom is 0.261 e. The summed E-state index contributed by atoms with van der Waals surface area (Å²) in [4.78, 5) is 14.9. The second-order valence-electron chi connectivity index (χ2n) is 7.04. The molecule has 0 aliphatic carbocycles. The molecule has 0 aromatic heterocycles. The molecule has 1 heterocycles. The molecule has 0 atom stereocenters. The zero-order chi connectivity index (χ0) is 20.1. The van der Waals surface area contributed by atoms with Crippen LogP contribution in [0.4, 0.5) is 5.69 Å². The Morgan fingerprint density at radius 1 is 1.11 bits per heavy atom. The number of nitrogens with one attached hydrogen (secondary N) is 1. The minimum atomic E-state index is -3.79. The molecule has 5 nitrogen and oxygen atoms in total. The van der Waals surface area contributed by atoms with E-state index in [0.717, 1.165) is 36.8 Å². The van der Waals surface area contributed by atoms with Crippen LogP contribution in [0.5, 0.6) is 0 Å². The summed E-state index contributed by atoms with van der Waals surface area (Å²) in [5.74, 6) is 0.452. The van der Waals surface area contributed by atoms with Crippen LogP contribution in [0, 0.1) is 6.92 Å². The number of alkyl halides is 1. The van der Waals surface area contributed by atoms with Crippen molar-refractivity contribution in [2.24, 2.45) is 0 Å². The quantitative estimate of drug-likeness (QED) is 0.682. The molecule has 0 radical (unpaired) electrons. The van der Waals surface area contributed by atoms with Crippen molar-refractivity contribution in [3.63, 3.8) is 0 Å². The number of sulfonamides is 1. The van der Waals surface area contributed by atoms with Gasteiger partial charge in [0.1, 0.15) is 0 Å². The summed E-state index contributed by atoms with van der Waals surface area (Å²) in [7, 11) is -3.79. The van der Waals surface area contributed by atoms with E-state index in [1.807, 2.05) is 13.0 Å². The fourth-order valence-electron chi connectivity index (χ4n) is 3.42. The topological polar surface area (TPSA) is 66.5 Å². The summed E-state index contributed by atoms with van der Waals surface area (Å²) in [6.07, 6.45) is 3.62. The van der Waals surface area contributed by atoms with E-state index in [1.165, 1.54) is 0 Å². The van der Waals surface area contributed by atoms with Crippen LogP contribution in [-0.2, 0) is 16.4 Å². The van der Waals surface area contributed by atoms with Crippen LogP contribution in [0.15, 0.2) is 47.4 Å². The third-order valence-electron chi connectivity index (χ3n) is 4.96. The lowest BCUT2D eigenvalue weighted by atomic mass is 10.1. The van der Waals surface area contributed by atoms with Crippen molar-refractivity contribution < 1.29 is 13.2 Å². The van der Waals surface area contributed by atoms with E-state index in [2.05, 4.69) is 4.72 Å². The second kappa shape index (κ2) is 8.97. The van der Waals surface area contributed by atoms with Gasteiger partial charge in [0.2, 0.25) is 0 Å². The van der Waals surface area contributed by atoms with Gasteiger partial charge in [0, 0.05) is 19.0 Å². The molecule has 1 aliphatic heterocycles. The van der Waals surface area contributed by atoms with Crippen molar-refractivity contribution in [1.29, 1.82) is 0 Å². The van der Waals surface area contributed by atoms with Crippen molar-refractivity contribution in [2.75, 3.05) is 23.7 Å². The molecule has 1 aliphatic rings. The van der Waals surface area contributed by atoms with Crippen molar-refractivity contribution >= 4 is 33.2 Å². The largest absolute Gasteiger partial charge is 0.339 e. The van der Waals surface area contributed by atoms with Crippen LogP contribution in [-0.4, -0.2) is 38.2 Å². The van der Waals surface area contributed by atoms with Crippen molar-refractivity contribution in [1.82, 2.24) is 4.90 Å². The highest BCUT2D eigenvalue weighted by Gasteiger charge is 2.25. The third kappa shape index (κ3) is 4.67. The average molecular weight is 421 g/mol. The lowest BCUT2D eigenvalue weighted by Gasteiger charge is -2.20. The number of aryl methyl sites for hydroxylation is 2. The van der Waals surface area contributed by atoms with Gasteiger partial charge in [0.05, 0.1) is 16.1 Å². The van der Waals surface area contributed by atoms with Gasteiger partial charge in [-0.3, -0.25) is 9.52 Å². The molecule has 7 heteroatoms. The monoisotopic (exact) mass is 420 g/mol. The van der Waals surface area contributed by atoms with Crippen LogP contribution in [0.3, 0.4) is 0 Å². The average Bonchev–Trinajstić information content (AvgIpc) is 3.21. The van der Waals surface area contributed by atoms with Crippen molar-refractivity contribution in [2.45, 2.75) is 37.5 Å². The molecule has 28 heavy (non-hydrogen) atoms. The van der Waals surface area contributed by atoms with Gasteiger partial charge in [0.15, 0.2) is 0 Å². The molecule has 3 rings (SSSR count). The minimum absolute atomic E-state index is 0.121. The fraction of sp³-hybridized carbons (Fsp3) is 0.381. The Kier molecular flexibility index (Phi) is 6.62. The summed E-state index contributed by atoms with van der Waals surface area (Å²) in [6, 6.07) is 12.0. The zero-order valence-corrected chi connectivity index (χ0v) is 17.5. The first-order chi connectivity index (χ1) is 13.4. The van der Waals surface area contributed by atoms with E-state index in [9.17, 15) is 13.2 Å². The highest BCUT2D eigenvalue weighted by atomic mass is 35.5. The van der Waals surface area contributed by atoms with Crippen LogP contribution >= 0.6 is 11.6 Å². The summed E-state index contributed by atoms with van der Waals surface area (Å²) >= 11 is 5.71. The molecule has 1 N–H and O–H groups in total. The van der Waals surface area contributed by atoms with E-state index < -0.39 is 10.0 Å². The maximum absolute atomic E-state index is 12.9. The Morgan fingerprint density at radius 3 is 2.43 bits per heavy atom. The molecule has 2 aromatic carbocycles. The molecule has 0 unspecified atom stereocenters. The Bertz CT molecular complexity index is 937. The number of carbonyl (C=O) groups excluding carboxylic acids is 1.